The highest BCUT2D eigenvalue weighted by atomic mass is 35.5. The van der Waals surface area contributed by atoms with Gasteiger partial charge in [-0.1, -0.05) is 35.9 Å². The molecule has 3 rings (SSSR count). The molecule has 0 spiro atoms. The Labute approximate surface area is 145 Å². The van der Waals surface area contributed by atoms with Gasteiger partial charge in [0.2, 0.25) is 5.91 Å². The van der Waals surface area contributed by atoms with E-state index in [0.29, 0.717) is 6.54 Å². The molecule has 1 unspecified atom stereocenters. The molecule has 0 aliphatic carbocycles. The zero-order chi connectivity index (χ0) is 14.7. The SMILES string of the molecule is Cl.O=C(NCCc1ccc(Cl)s1)C1Cc2ccccc2CN1. The maximum absolute atomic E-state index is 12.2. The van der Waals surface area contributed by atoms with Crippen LogP contribution in [0.3, 0.4) is 0 Å². The van der Waals surface area contributed by atoms with Crippen LogP contribution in [0.5, 0.6) is 0 Å². The second-order valence-corrected chi connectivity index (χ2v) is 6.95. The summed E-state index contributed by atoms with van der Waals surface area (Å²) in [4.78, 5) is 13.4. The smallest absolute Gasteiger partial charge is 0.237 e. The van der Waals surface area contributed by atoms with Gasteiger partial charge in [-0.2, -0.15) is 0 Å². The van der Waals surface area contributed by atoms with Gasteiger partial charge in [-0.15, -0.1) is 23.7 Å². The number of nitrogens with one attached hydrogen (secondary N) is 2. The van der Waals surface area contributed by atoms with Crippen LogP contribution in [-0.2, 0) is 24.2 Å². The fourth-order valence-electron chi connectivity index (χ4n) is 2.56. The fourth-order valence-corrected chi connectivity index (χ4v) is 3.64. The Morgan fingerprint density at radius 3 is 2.77 bits per heavy atom. The van der Waals surface area contributed by atoms with E-state index in [4.69, 9.17) is 11.6 Å². The van der Waals surface area contributed by atoms with Crippen LogP contribution in [-0.4, -0.2) is 18.5 Å². The Kier molecular flexibility index (Phi) is 6.26. The summed E-state index contributed by atoms with van der Waals surface area (Å²) in [7, 11) is 0. The van der Waals surface area contributed by atoms with Crippen molar-refractivity contribution in [1.82, 2.24) is 10.6 Å². The number of hydrogen-bond acceptors (Lipinski definition) is 3. The average Bonchev–Trinajstić information content (AvgIpc) is 2.92. The molecule has 1 amide bonds. The molecule has 1 atom stereocenters. The standard InChI is InChI=1S/C16H17ClN2OS.ClH/c17-15-6-5-13(21-15)7-8-18-16(20)14-9-11-3-1-2-4-12(11)10-19-14;/h1-6,14,19H,7-10H2,(H,18,20);1H. The van der Waals surface area contributed by atoms with Gasteiger partial charge < -0.3 is 10.6 Å². The molecule has 0 radical (unpaired) electrons. The first-order valence-electron chi connectivity index (χ1n) is 7.04. The monoisotopic (exact) mass is 356 g/mol. The minimum Gasteiger partial charge on any atom is -0.354 e. The number of carbonyl (C=O) groups excluding carboxylic acids is 1. The number of carbonyl (C=O) groups is 1. The average molecular weight is 357 g/mol. The lowest BCUT2D eigenvalue weighted by atomic mass is 9.95. The summed E-state index contributed by atoms with van der Waals surface area (Å²) < 4.78 is 0.793. The van der Waals surface area contributed by atoms with Gasteiger partial charge in [-0.05, 0) is 36.1 Å². The van der Waals surface area contributed by atoms with Crippen molar-refractivity contribution in [1.29, 1.82) is 0 Å². The predicted molar refractivity (Wildman–Crippen MR) is 94.1 cm³/mol. The Morgan fingerprint density at radius 1 is 1.27 bits per heavy atom. The van der Waals surface area contributed by atoms with Crippen LogP contribution in [0.4, 0.5) is 0 Å². The Balaban J connectivity index is 0.00000176. The number of halogens is 2. The Hall–Kier alpha value is -1.07. The molecule has 0 saturated carbocycles. The summed E-state index contributed by atoms with van der Waals surface area (Å²) in [5, 5.41) is 6.30. The lowest BCUT2D eigenvalue weighted by Crippen LogP contribution is -2.48. The number of hydrogen-bond donors (Lipinski definition) is 2. The molecule has 6 heteroatoms. The number of thiophene rings is 1. The number of fused-ring (bicyclic) bond motifs is 1. The molecule has 0 bridgehead atoms. The number of rotatable bonds is 4. The molecule has 2 aromatic rings. The van der Waals surface area contributed by atoms with Gasteiger partial charge >= 0.3 is 0 Å². The van der Waals surface area contributed by atoms with Crippen molar-refractivity contribution < 1.29 is 4.79 Å². The van der Waals surface area contributed by atoms with Crippen molar-refractivity contribution in [3.8, 4) is 0 Å². The highest BCUT2D eigenvalue weighted by Crippen LogP contribution is 2.21. The third-order valence-corrected chi connectivity index (χ3v) is 4.99. The van der Waals surface area contributed by atoms with E-state index in [0.717, 1.165) is 23.7 Å². The third kappa shape index (κ3) is 4.23. The predicted octanol–water partition coefficient (Wildman–Crippen LogP) is 3.20. The molecular formula is C16H18Cl2N2OS. The first-order chi connectivity index (χ1) is 10.2. The molecule has 1 aliphatic heterocycles. The van der Waals surface area contributed by atoms with Gasteiger partial charge in [0, 0.05) is 18.0 Å². The first-order valence-corrected chi connectivity index (χ1v) is 8.24. The minimum absolute atomic E-state index is 0. The van der Waals surface area contributed by atoms with Crippen LogP contribution in [0.15, 0.2) is 36.4 Å². The molecule has 1 aromatic carbocycles. The maximum atomic E-state index is 12.2. The summed E-state index contributed by atoms with van der Waals surface area (Å²) >= 11 is 7.46. The lowest BCUT2D eigenvalue weighted by Gasteiger charge is -2.25. The van der Waals surface area contributed by atoms with Gasteiger partial charge in [0.05, 0.1) is 10.4 Å². The Bertz CT molecular complexity index is 645. The van der Waals surface area contributed by atoms with Gasteiger partial charge in [-0.25, -0.2) is 0 Å². The summed E-state index contributed by atoms with van der Waals surface area (Å²) in [5.41, 5.74) is 2.55. The summed E-state index contributed by atoms with van der Waals surface area (Å²) in [6.45, 7) is 1.41. The van der Waals surface area contributed by atoms with Crippen LogP contribution >= 0.6 is 35.3 Å². The molecule has 0 saturated heterocycles. The van der Waals surface area contributed by atoms with Crippen molar-refractivity contribution in [3.63, 3.8) is 0 Å². The van der Waals surface area contributed by atoms with E-state index < -0.39 is 0 Å². The number of benzene rings is 1. The largest absolute Gasteiger partial charge is 0.354 e. The van der Waals surface area contributed by atoms with Crippen LogP contribution < -0.4 is 10.6 Å². The van der Waals surface area contributed by atoms with Crippen molar-refractivity contribution in [3.05, 3.63) is 56.7 Å². The van der Waals surface area contributed by atoms with E-state index in [9.17, 15) is 4.79 Å². The van der Waals surface area contributed by atoms with Crippen LogP contribution in [0.25, 0.3) is 0 Å². The van der Waals surface area contributed by atoms with Crippen LogP contribution in [0, 0.1) is 0 Å². The van der Waals surface area contributed by atoms with Gasteiger partial charge in [0.25, 0.3) is 0 Å². The van der Waals surface area contributed by atoms with Crippen molar-refractivity contribution in [2.45, 2.75) is 25.4 Å². The molecule has 1 aromatic heterocycles. The van der Waals surface area contributed by atoms with Crippen LogP contribution in [0.2, 0.25) is 4.34 Å². The fraction of sp³-hybridized carbons (Fsp3) is 0.312. The van der Waals surface area contributed by atoms with E-state index in [1.165, 1.54) is 16.0 Å². The van der Waals surface area contributed by atoms with Gasteiger partial charge in [-0.3, -0.25) is 4.79 Å². The molecule has 2 N–H and O–H groups in total. The molecule has 22 heavy (non-hydrogen) atoms. The van der Waals surface area contributed by atoms with E-state index >= 15 is 0 Å². The Morgan fingerprint density at radius 2 is 2.05 bits per heavy atom. The van der Waals surface area contributed by atoms with Crippen LogP contribution in [0.1, 0.15) is 16.0 Å². The van der Waals surface area contributed by atoms with E-state index in [1.807, 2.05) is 24.3 Å². The van der Waals surface area contributed by atoms with E-state index in [1.54, 1.807) is 11.3 Å². The second-order valence-electron chi connectivity index (χ2n) is 5.15. The van der Waals surface area contributed by atoms with E-state index in [2.05, 4.69) is 22.8 Å². The van der Waals surface area contributed by atoms with Crippen molar-refractivity contribution in [2.24, 2.45) is 0 Å². The molecule has 1 aliphatic rings. The topological polar surface area (TPSA) is 41.1 Å². The molecule has 118 valence electrons. The number of amides is 1. The molecule has 2 heterocycles. The molecular weight excluding hydrogens is 339 g/mol. The summed E-state index contributed by atoms with van der Waals surface area (Å²) in [6.07, 6.45) is 1.58. The van der Waals surface area contributed by atoms with Gasteiger partial charge in [0.1, 0.15) is 0 Å². The first kappa shape index (κ1) is 17.3. The highest BCUT2D eigenvalue weighted by molar-refractivity contribution is 7.16. The maximum Gasteiger partial charge on any atom is 0.237 e. The highest BCUT2D eigenvalue weighted by Gasteiger charge is 2.23. The minimum atomic E-state index is -0.133. The molecule has 3 nitrogen and oxygen atoms in total. The zero-order valence-corrected chi connectivity index (χ0v) is 14.4. The quantitative estimate of drug-likeness (QED) is 0.882. The van der Waals surface area contributed by atoms with E-state index in [-0.39, 0.29) is 24.4 Å². The third-order valence-electron chi connectivity index (χ3n) is 3.70. The zero-order valence-electron chi connectivity index (χ0n) is 12.0. The molecule has 0 fully saturated rings. The van der Waals surface area contributed by atoms with Crippen molar-refractivity contribution >= 4 is 41.3 Å². The van der Waals surface area contributed by atoms with Gasteiger partial charge in [0.15, 0.2) is 0 Å². The summed E-state index contributed by atoms with van der Waals surface area (Å²) in [5.74, 6) is 0.0761. The summed E-state index contributed by atoms with van der Waals surface area (Å²) in [6, 6.07) is 12.0. The second kappa shape index (κ2) is 7.97. The normalized spacial score (nSPS) is 16.5. The van der Waals surface area contributed by atoms with Crippen molar-refractivity contribution in [2.75, 3.05) is 6.54 Å². The lowest BCUT2D eigenvalue weighted by molar-refractivity contribution is -0.123.